The van der Waals surface area contributed by atoms with Crippen LogP contribution in [0.25, 0.3) is 0 Å². The highest BCUT2D eigenvalue weighted by molar-refractivity contribution is 5.64. The minimum Gasteiger partial charge on any atom is -0.550 e. The van der Waals surface area contributed by atoms with Gasteiger partial charge in [-0.1, -0.05) is 45.4 Å². The van der Waals surface area contributed by atoms with E-state index in [1.807, 2.05) is 0 Å². The van der Waals surface area contributed by atoms with Crippen molar-refractivity contribution in [2.24, 2.45) is 0 Å². The van der Waals surface area contributed by atoms with Crippen molar-refractivity contribution in [3.8, 4) is 0 Å². The van der Waals surface area contributed by atoms with Crippen molar-refractivity contribution in [1.29, 1.82) is 0 Å². The molecule has 16 heavy (non-hydrogen) atoms. The summed E-state index contributed by atoms with van der Waals surface area (Å²) in [5.41, 5.74) is 0. The van der Waals surface area contributed by atoms with E-state index in [0.29, 0.717) is 0 Å². The fourth-order valence-corrected chi connectivity index (χ4v) is 1.23. The fourth-order valence-electron chi connectivity index (χ4n) is 1.23. The lowest BCUT2D eigenvalue weighted by Crippen LogP contribution is -2.21. The molecule has 0 aliphatic carbocycles. The Morgan fingerprint density at radius 1 is 0.875 bits per heavy atom. The molecule has 4 heteroatoms. The van der Waals surface area contributed by atoms with Gasteiger partial charge >= 0.3 is 0 Å². The normalized spacial score (nSPS) is 9.12. The second-order valence-electron chi connectivity index (χ2n) is 3.73. The van der Waals surface area contributed by atoms with Gasteiger partial charge in [-0.2, -0.15) is 0 Å². The third kappa shape index (κ3) is 29.3. The van der Waals surface area contributed by atoms with Gasteiger partial charge in [-0.05, 0) is 19.8 Å². The molecule has 0 rings (SSSR count). The molecule has 96 valence electrons. The van der Waals surface area contributed by atoms with Crippen LogP contribution in [0.5, 0.6) is 0 Å². The van der Waals surface area contributed by atoms with E-state index < -0.39 is 11.9 Å². The summed E-state index contributed by atoms with van der Waals surface area (Å²) in [7, 11) is 0. The van der Waals surface area contributed by atoms with Crippen LogP contribution in [0.1, 0.15) is 65.2 Å². The summed E-state index contributed by atoms with van der Waals surface area (Å²) in [6.07, 6.45) is 8.34. The number of rotatable bonds is 8. The van der Waals surface area contributed by atoms with Gasteiger partial charge in [0, 0.05) is 11.9 Å². The topological polar surface area (TPSA) is 80.3 Å². The second-order valence-corrected chi connectivity index (χ2v) is 3.73. The number of carbonyl (C=O) groups excluding carboxylic acids is 2. The summed E-state index contributed by atoms with van der Waals surface area (Å²) in [6.45, 7) is 3.16. The SMILES string of the molecule is CC(=O)[O-].CCCCCCCCCC(=O)[O-]. The van der Waals surface area contributed by atoms with E-state index in [4.69, 9.17) is 9.90 Å². The van der Waals surface area contributed by atoms with Crippen LogP contribution >= 0.6 is 0 Å². The number of unbranched alkanes of at least 4 members (excludes halogenated alkanes) is 6. The fraction of sp³-hybridized carbons (Fsp3) is 0.833. The third-order valence-corrected chi connectivity index (χ3v) is 1.98. The van der Waals surface area contributed by atoms with Crippen LogP contribution in [0.4, 0.5) is 0 Å². The average Bonchev–Trinajstić information content (AvgIpc) is 2.15. The molecule has 0 aromatic carbocycles. The zero-order valence-electron chi connectivity index (χ0n) is 10.3. The number of aliphatic carboxylic acids is 2. The Labute approximate surface area is 97.7 Å². The molecule has 0 fully saturated rings. The maximum atomic E-state index is 10.0. The monoisotopic (exact) mass is 230 g/mol. The van der Waals surface area contributed by atoms with E-state index in [-0.39, 0.29) is 6.42 Å². The first-order valence-electron chi connectivity index (χ1n) is 5.88. The Balaban J connectivity index is 0. The summed E-state index contributed by atoms with van der Waals surface area (Å²) in [5.74, 6) is -2.00. The summed E-state index contributed by atoms with van der Waals surface area (Å²) in [6, 6.07) is 0. The van der Waals surface area contributed by atoms with Gasteiger partial charge < -0.3 is 19.8 Å². The van der Waals surface area contributed by atoms with Gasteiger partial charge in [0.1, 0.15) is 0 Å². The van der Waals surface area contributed by atoms with Crippen LogP contribution in [0.2, 0.25) is 0 Å². The van der Waals surface area contributed by atoms with Gasteiger partial charge in [-0.3, -0.25) is 0 Å². The van der Waals surface area contributed by atoms with Gasteiger partial charge in [0.2, 0.25) is 0 Å². The van der Waals surface area contributed by atoms with Crippen LogP contribution < -0.4 is 10.2 Å². The summed E-state index contributed by atoms with van der Waals surface area (Å²) < 4.78 is 0. The van der Waals surface area contributed by atoms with Gasteiger partial charge in [-0.25, -0.2) is 0 Å². The smallest absolute Gasteiger partial charge is 0.0414 e. The molecule has 0 spiro atoms. The van der Waals surface area contributed by atoms with Crippen molar-refractivity contribution in [2.75, 3.05) is 0 Å². The van der Waals surface area contributed by atoms with E-state index in [1.165, 1.54) is 32.1 Å². The molecular formula is C12H22O4-2. The molecule has 0 aliphatic heterocycles. The lowest BCUT2D eigenvalue weighted by molar-refractivity contribution is -0.306. The average molecular weight is 230 g/mol. The molecule has 0 amide bonds. The van der Waals surface area contributed by atoms with E-state index in [1.54, 1.807) is 0 Å². The molecule has 0 atom stereocenters. The molecule has 4 nitrogen and oxygen atoms in total. The van der Waals surface area contributed by atoms with Gasteiger partial charge in [-0.15, -0.1) is 0 Å². The Hall–Kier alpha value is -1.06. The number of hydrogen-bond donors (Lipinski definition) is 0. The first kappa shape index (κ1) is 17.3. The lowest BCUT2D eigenvalue weighted by Gasteiger charge is -2.01. The standard InChI is InChI=1S/C10H20O2.C2H4O2/c1-2-3-4-5-6-7-8-9-10(11)12;1-2(3)4/h2-9H2,1H3,(H,11,12);1H3,(H,3,4)/p-2. The Bertz CT molecular complexity index is 174. The van der Waals surface area contributed by atoms with Gasteiger partial charge in [0.15, 0.2) is 0 Å². The second kappa shape index (κ2) is 13.9. The molecule has 0 N–H and O–H groups in total. The van der Waals surface area contributed by atoms with Gasteiger partial charge in [0.05, 0.1) is 0 Å². The molecule has 0 bridgehead atoms. The first-order valence-corrected chi connectivity index (χ1v) is 5.88. The molecule has 0 saturated heterocycles. The molecular weight excluding hydrogens is 208 g/mol. The maximum Gasteiger partial charge on any atom is 0.0414 e. The van der Waals surface area contributed by atoms with E-state index in [2.05, 4.69) is 6.92 Å². The van der Waals surface area contributed by atoms with E-state index >= 15 is 0 Å². The predicted octanol–water partition coefficient (Wildman–Crippen LogP) is 0.633. The zero-order valence-corrected chi connectivity index (χ0v) is 10.3. The summed E-state index contributed by atoms with van der Waals surface area (Å²) in [4.78, 5) is 18.9. The maximum absolute atomic E-state index is 10.0. The van der Waals surface area contributed by atoms with Crippen molar-refractivity contribution in [1.82, 2.24) is 0 Å². The molecule has 0 aliphatic rings. The van der Waals surface area contributed by atoms with Crippen molar-refractivity contribution in [2.45, 2.75) is 65.2 Å². The highest BCUT2D eigenvalue weighted by atomic mass is 16.4. The molecule has 0 heterocycles. The minimum atomic E-state index is -1.08. The predicted molar refractivity (Wildman–Crippen MR) is 58.3 cm³/mol. The van der Waals surface area contributed by atoms with E-state index in [9.17, 15) is 9.90 Å². The Kier molecular flexibility index (Phi) is 15.1. The highest BCUT2D eigenvalue weighted by Crippen LogP contribution is 2.07. The zero-order chi connectivity index (χ0) is 12.8. The Morgan fingerprint density at radius 2 is 1.25 bits per heavy atom. The van der Waals surface area contributed by atoms with Crippen LogP contribution in [0.3, 0.4) is 0 Å². The quantitative estimate of drug-likeness (QED) is 0.573. The minimum absolute atomic E-state index is 0.230. The number of carbonyl (C=O) groups is 2. The van der Waals surface area contributed by atoms with Crippen molar-refractivity contribution in [3.05, 3.63) is 0 Å². The van der Waals surface area contributed by atoms with Crippen LogP contribution in [-0.2, 0) is 9.59 Å². The van der Waals surface area contributed by atoms with E-state index in [0.717, 1.165) is 19.8 Å². The highest BCUT2D eigenvalue weighted by Gasteiger charge is 1.90. The van der Waals surface area contributed by atoms with Crippen LogP contribution in [0, 0.1) is 0 Å². The van der Waals surface area contributed by atoms with Crippen molar-refractivity contribution in [3.63, 3.8) is 0 Å². The van der Waals surface area contributed by atoms with Gasteiger partial charge in [0.25, 0.3) is 0 Å². The molecule has 0 radical (unpaired) electrons. The summed E-state index contributed by atoms with van der Waals surface area (Å²) >= 11 is 0. The molecule has 0 saturated carbocycles. The number of hydrogen-bond acceptors (Lipinski definition) is 4. The first-order chi connectivity index (χ1) is 7.50. The molecule has 0 unspecified atom stereocenters. The summed E-state index contributed by atoms with van der Waals surface area (Å²) in [5, 5.41) is 18.9. The van der Waals surface area contributed by atoms with Crippen molar-refractivity contribution < 1.29 is 19.8 Å². The van der Waals surface area contributed by atoms with Crippen LogP contribution in [-0.4, -0.2) is 11.9 Å². The number of carboxylic acid groups (broad SMARTS) is 2. The van der Waals surface area contributed by atoms with Crippen molar-refractivity contribution >= 4 is 11.9 Å². The van der Waals surface area contributed by atoms with Crippen LogP contribution in [0.15, 0.2) is 0 Å². The molecule has 0 aromatic heterocycles. The third-order valence-electron chi connectivity index (χ3n) is 1.98. The lowest BCUT2D eigenvalue weighted by atomic mass is 10.1. The largest absolute Gasteiger partial charge is 0.550 e. The molecule has 0 aromatic rings. The number of carboxylic acids is 2. The Morgan fingerprint density at radius 3 is 1.62 bits per heavy atom.